The van der Waals surface area contributed by atoms with Crippen molar-refractivity contribution in [1.82, 2.24) is 4.90 Å². The molecule has 7 heteroatoms. The molecule has 0 bridgehead atoms. The number of likely N-dealkylation sites (tertiary alicyclic amines) is 1. The standard InChI is InChI=1S/C16H18N2O5/c1-10-2-3-11(13(19)8-10)14(20)18-6-4-16(5-7-18)9-12(15(21)22)17-23-16/h2-3,8,19H,4-7,9H2,1H3,(H,21,22). The number of carboxylic acid groups (broad SMARTS) is 1. The van der Waals surface area contributed by atoms with E-state index in [1.807, 2.05) is 6.92 Å². The van der Waals surface area contributed by atoms with Crippen LogP contribution >= 0.6 is 0 Å². The zero-order valence-electron chi connectivity index (χ0n) is 12.8. The van der Waals surface area contributed by atoms with Crippen LogP contribution in [0.2, 0.25) is 0 Å². The molecule has 1 fully saturated rings. The van der Waals surface area contributed by atoms with Crippen molar-refractivity contribution in [2.75, 3.05) is 13.1 Å². The molecule has 2 aliphatic heterocycles. The van der Waals surface area contributed by atoms with Crippen molar-refractivity contribution in [2.24, 2.45) is 5.16 Å². The van der Waals surface area contributed by atoms with E-state index in [0.29, 0.717) is 25.9 Å². The summed E-state index contributed by atoms with van der Waals surface area (Å²) >= 11 is 0. The van der Waals surface area contributed by atoms with E-state index in [0.717, 1.165) is 5.56 Å². The van der Waals surface area contributed by atoms with Gasteiger partial charge in [0.25, 0.3) is 5.91 Å². The van der Waals surface area contributed by atoms with Crippen molar-refractivity contribution < 1.29 is 24.6 Å². The number of aryl methyl sites for hydroxylation is 1. The minimum atomic E-state index is -1.06. The normalized spacial score (nSPS) is 19.3. The first kappa shape index (κ1) is 15.3. The average Bonchev–Trinajstić information content (AvgIpc) is 2.92. The molecule has 0 unspecified atom stereocenters. The molecule has 0 aliphatic carbocycles. The molecule has 0 saturated carbocycles. The van der Waals surface area contributed by atoms with E-state index in [-0.39, 0.29) is 29.4 Å². The minimum Gasteiger partial charge on any atom is -0.507 e. The van der Waals surface area contributed by atoms with Crippen LogP contribution in [0.25, 0.3) is 0 Å². The van der Waals surface area contributed by atoms with E-state index in [4.69, 9.17) is 9.94 Å². The lowest BCUT2D eigenvalue weighted by Crippen LogP contribution is -2.47. The van der Waals surface area contributed by atoms with Crippen molar-refractivity contribution in [1.29, 1.82) is 0 Å². The van der Waals surface area contributed by atoms with Gasteiger partial charge in [-0.15, -0.1) is 0 Å². The molecule has 7 nitrogen and oxygen atoms in total. The first-order valence-corrected chi connectivity index (χ1v) is 7.47. The molecule has 2 N–H and O–H groups in total. The first-order chi connectivity index (χ1) is 10.9. The van der Waals surface area contributed by atoms with Gasteiger partial charge in [-0.1, -0.05) is 11.2 Å². The summed E-state index contributed by atoms with van der Waals surface area (Å²) in [5.74, 6) is -1.32. The number of rotatable bonds is 2. The number of hydrogen-bond donors (Lipinski definition) is 2. The second-order valence-corrected chi connectivity index (χ2v) is 6.11. The summed E-state index contributed by atoms with van der Waals surface area (Å²) in [4.78, 5) is 30.5. The van der Waals surface area contributed by atoms with Crippen LogP contribution in [0.5, 0.6) is 5.75 Å². The van der Waals surface area contributed by atoms with E-state index >= 15 is 0 Å². The molecule has 2 aliphatic rings. The molecule has 0 atom stereocenters. The third-order valence-electron chi connectivity index (χ3n) is 4.43. The lowest BCUT2D eigenvalue weighted by atomic mass is 9.86. The van der Waals surface area contributed by atoms with Crippen LogP contribution in [0.1, 0.15) is 35.2 Å². The fourth-order valence-electron chi connectivity index (χ4n) is 3.01. The number of carbonyl (C=O) groups is 2. The number of nitrogens with zero attached hydrogens (tertiary/aromatic N) is 2. The Morgan fingerprint density at radius 3 is 2.57 bits per heavy atom. The second kappa shape index (κ2) is 5.57. The Morgan fingerprint density at radius 2 is 2.00 bits per heavy atom. The predicted octanol–water partition coefficient (Wildman–Crippen LogP) is 1.54. The summed E-state index contributed by atoms with van der Waals surface area (Å²) in [5, 5.41) is 22.5. The van der Waals surface area contributed by atoms with Crippen molar-refractivity contribution in [3.8, 4) is 5.75 Å². The van der Waals surface area contributed by atoms with Crippen molar-refractivity contribution in [3.05, 3.63) is 29.3 Å². The summed E-state index contributed by atoms with van der Waals surface area (Å²) in [6.45, 7) is 2.72. The van der Waals surface area contributed by atoms with E-state index in [1.54, 1.807) is 23.1 Å². The van der Waals surface area contributed by atoms with E-state index in [2.05, 4.69) is 5.16 Å². The predicted molar refractivity (Wildman–Crippen MR) is 81.5 cm³/mol. The summed E-state index contributed by atoms with van der Waals surface area (Å²) in [6, 6.07) is 4.96. The number of carboxylic acids is 1. The van der Waals surface area contributed by atoms with Crippen LogP contribution in [-0.4, -0.2) is 51.4 Å². The molecule has 122 valence electrons. The number of oxime groups is 1. The van der Waals surface area contributed by atoms with Crippen LogP contribution in [0.15, 0.2) is 23.4 Å². The van der Waals surface area contributed by atoms with Crippen molar-refractivity contribution in [3.63, 3.8) is 0 Å². The summed E-state index contributed by atoms with van der Waals surface area (Å²) in [5.41, 5.74) is 0.580. The fourth-order valence-corrected chi connectivity index (χ4v) is 3.01. The Balaban J connectivity index is 1.65. The highest BCUT2D eigenvalue weighted by Gasteiger charge is 2.44. The van der Waals surface area contributed by atoms with Gasteiger partial charge < -0.3 is 20.0 Å². The van der Waals surface area contributed by atoms with Gasteiger partial charge in [0.05, 0.1) is 5.56 Å². The van der Waals surface area contributed by atoms with E-state index < -0.39 is 11.6 Å². The Bertz CT molecular complexity index is 690. The second-order valence-electron chi connectivity index (χ2n) is 6.11. The lowest BCUT2D eigenvalue weighted by molar-refractivity contribution is -0.129. The summed E-state index contributed by atoms with van der Waals surface area (Å²) in [7, 11) is 0. The Morgan fingerprint density at radius 1 is 1.30 bits per heavy atom. The van der Waals surface area contributed by atoms with E-state index in [9.17, 15) is 14.7 Å². The van der Waals surface area contributed by atoms with Gasteiger partial charge in [0, 0.05) is 32.4 Å². The molecule has 1 aromatic rings. The number of carbonyl (C=O) groups excluding carboxylic acids is 1. The van der Waals surface area contributed by atoms with Gasteiger partial charge in [0.1, 0.15) is 11.4 Å². The number of hydrogen-bond acceptors (Lipinski definition) is 5. The van der Waals surface area contributed by atoms with Crippen LogP contribution in [0.3, 0.4) is 0 Å². The van der Waals surface area contributed by atoms with Crippen LogP contribution in [-0.2, 0) is 9.63 Å². The maximum atomic E-state index is 12.5. The minimum absolute atomic E-state index is 0.0242. The number of aliphatic carboxylic acids is 1. The van der Waals surface area contributed by atoms with Gasteiger partial charge >= 0.3 is 5.97 Å². The molecule has 0 radical (unpaired) electrons. The molecule has 0 aromatic heterocycles. The molecular weight excluding hydrogens is 300 g/mol. The van der Waals surface area contributed by atoms with Gasteiger partial charge in [0.15, 0.2) is 5.71 Å². The Kier molecular flexibility index (Phi) is 3.71. The number of phenols is 1. The van der Waals surface area contributed by atoms with Gasteiger partial charge in [-0.05, 0) is 24.6 Å². The topological polar surface area (TPSA) is 99.4 Å². The average molecular weight is 318 g/mol. The molecule has 1 amide bonds. The largest absolute Gasteiger partial charge is 0.507 e. The fraction of sp³-hybridized carbons (Fsp3) is 0.438. The molecule has 1 aromatic carbocycles. The molecule has 2 heterocycles. The first-order valence-electron chi connectivity index (χ1n) is 7.47. The van der Waals surface area contributed by atoms with Gasteiger partial charge in [-0.3, -0.25) is 4.79 Å². The van der Waals surface area contributed by atoms with Crippen LogP contribution in [0, 0.1) is 6.92 Å². The van der Waals surface area contributed by atoms with Gasteiger partial charge in [0.2, 0.25) is 0 Å². The number of amides is 1. The van der Waals surface area contributed by atoms with Gasteiger partial charge in [-0.2, -0.15) is 0 Å². The number of phenolic OH excluding ortho intramolecular Hbond substituents is 1. The number of piperidine rings is 1. The molecule has 1 spiro atoms. The SMILES string of the molecule is Cc1ccc(C(=O)N2CCC3(CC2)CC(C(=O)O)=NO3)c(O)c1. The lowest BCUT2D eigenvalue weighted by Gasteiger charge is -2.37. The van der Waals surface area contributed by atoms with Crippen molar-refractivity contribution in [2.45, 2.75) is 31.8 Å². The summed E-state index contributed by atoms with van der Waals surface area (Å²) < 4.78 is 0. The Hall–Kier alpha value is -2.57. The zero-order chi connectivity index (χ0) is 16.6. The monoisotopic (exact) mass is 318 g/mol. The third kappa shape index (κ3) is 2.86. The third-order valence-corrected chi connectivity index (χ3v) is 4.43. The van der Waals surface area contributed by atoms with Gasteiger partial charge in [-0.25, -0.2) is 4.79 Å². The van der Waals surface area contributed by atoms with Crippen LogP contribution < -0.4 is 0 Å². The smallest absolute Gasteiger partial charge is 0.353 e. The summed E-state index contributed by atoms with van der Waals surface area (Å²) in [6.07, 6.45) is 1.30. The highest BCUT2D eigenvalue weighted by Crippen LogP contribution is 2.35. The molecular formula is C16H18N2O5. The maximum absolute atomic E-state index is 12.5. The Labute approximate surface area is 133 Å². The highest BCUT2D eigenvalue weighted by atomic mass is 16.7. The quantitative estimate of drug-likeness (QED) is 0.861. The van der Waals surface area contributed by atoms with Crippen molar-refractivity contribution >= 4 is 17.6 Å². The van der Waals surface area contributed by atoms with E-state index in [1.165, 1.54) is 0 Å². The number of aromatic hydroxyl groups is 1. The number of benzene rings is 1. The zero-order valence-corrected chi connectivity index (χ0v) is 12.8. The van der Waals surface area contributed by atoms with Crippen LogP contribution in [0.4, 0.5) is 0 Å². The molecule has 23 heavy (non-hydrogen) atoms. The molecule has 1 saturated heterocycles. The highest BCUT2D eigenvalue weighted by molar-refractivity contribution is 6.36. The maximum Gasteiger partial charge on any atom is 0.353 e. The molecule has 3 rings (SSSR count).